The van der Waals surface area contributed by atoms with Crippen LogP contribution in [0.4, 0.5) is 5.69 Å². The second-order valence-electron chi connectivity index (χ2n) is 3.78. The highest BCUT2D eigenvalue weighted by Gasteiger charge is 2.35. The van der Waals surface area contributed by atoms with E-state index < -0.39 is 0 Å². The number of para-hydroxylation sites is 1. The van der Waals surface area contributed by atoms with Crippen LogP contribution in [0.2, 0.25) is 0 Å². The second-order valence-corrected chi connectivity index (χ2v) is 3.78. The van der Waals surface area contributed by atoms with Crippen molar-refractivity contribution in [3.63, 3.8) is 0 Å². The van der Waals surface area contributed by atoms with Gasteiger partial charge in [0.15, 0.2) is 0 Å². The number of anilines is 1. The van der Waals surface area contributed by atoms with E-state index in [1.165, 1.54) is 11.3 Å². The number of methoxy groups -OCH3 is 1. The summed E-state index contributed by atoms with van der Waals surface area (Å²) in [5.74, 6) is 0. The summed E-state index contributed by atoms with van der Waals surface area (Å²) >= 11 is 0. The molecular formula is C12H18N2O. The van der Waals surface area contributed by atoms with E-state index in [9.17, 15) is 0 Å². The number of hydrogen-bond acceptors (Lipinski definition) is 3. The molecule has 0 saturated carbocycles. The fourth-order valence-electron chi connectivity index (χ4n) is 2.25. The van der Waals surface area contributed by atoms with Gasteiger partial charge in [0.2, 0.25) is 0 Å². The summed E-state index contributed by atoms with van der Waals surface area (Å²) in [6.07, 6.45) is 0.953. The van der Waals surface area contributed by atoms with Gasteiger partial charge in [-0.1, -0.05) is 25.1 Å². The second kappa shape index (κ2) is 4.21. The fraction of sp³-hybridized carbons (Fsp3) is 0.500. The summed E-state index contributed by atoms with van der Waals surface area (Å²) in [5.41, 5.74) is 2.07. The molecule has 1 aromatic rings. The standard InChI is InChI=1S/C12H18N2O/c1-3-14-12(15-2)8-9-13-11-7-5-4-6-10(11)12/h4-7,13-14H,3,8-9H2,1-2H3. The maximum Gasteiger partial charge on any atom is 0.148 e. The van der Waals surface area contributed by atoms with E-state index in [0.717, 1.165) is 19.5 Å². The third kappa shape index (κ3) is 1.73. The van der Waals surface area contributed by atoms with Crippen LogP contribution in [0.15, 0.2) is 24.3 Å². The van der Waals surface area contributed by atoms with Crippen molar-refractivity contribution in [2.75, 3.05) is 25.5 Å². The number of fused-ring (bicyclic) bond motifs is 1. The Balaban J connectivity index is 2.42. The minimum Gasteiger partial charge on any atom is -0.385 e. The molecule has 1 heterocycles. The molecule has 0 amide bonds. The Morgan fingerprint density at radius 2 is 2.27 bits per heavy atom. The van der Waals surface area contributed by atoms with Crippen molar-refractivity contribution in [3.8, 4) is 0 Å². The lowest BCUT2D eigenvalue weighted by Crippen LogP contribution is -2.48. The number of nitrogens with one attached hydrogen (secondary N) is 2. The van der Waals surface area contributed by atoms with Gasteiger partial charge in [-0.2, -0.15) is 0 Å². The topological polar surface area (TPSA) is 33.3 Å². The van der Waals surface area contributed by atoms with Crippen molar-refractivity contribution in [1.82, 2.24) is 5.32 Å². The van der Waals surface area contributed by atoms with E-state index in [4.69, 9.17) is 4.74 Å². The molecular weight excluding hydrogens is 188 g/mol. The first-order chi connectivity index (χ1) is 7.32. The van der Waals surface area contributed by atoms with Crippen LogP contribution in [-0.4, -0.2) is 20.2 Å². The van der Waals surface area contributed by atoms with Crippen molar-refractivity contribution >= 4 is 5.69 Å². The number of hydrogen-bond donors (Lipinski definition) is 2. The molecule has 0 bridgehead atoms. The zero-order chi connectivity index (χ0) is 10.7. The first-order valence-electron chi connectivity index (χ1n) is 5.46. The van der Waals surface area contributed by atoms with Crippen LogP contribution in [0, 0.1) is 0 Å². The monoisotopic (exact) mass is 206 g/mol. The van der Waals surface area contributed by atoms with Gasteiger partial charge in [-0.25, -0.2) is 0 Å². The highest BCUT2D eigenvalue weighted by Crippen LogP contribution is 2.35. The zero-order valence-corrected chi connectivity index (χ0v) is 9.34. The van der Waals surface area contributed by atoms with Crippen molar-refractivity contribution in [1.29, 1.82) is 0 Å². The molecule has 3 nitrogen and oxygen atoms in total. The molecule has 0 spiro atoms. The van der Waals surface area contributed by atoms with Gasteiger partial charge in [0.25, 0.3) is 0 Å². The molecule has 0 saturated heterocycles. The molecule has 0 fully saturated rings. The van der Waals surface area contributed by atoms with Crippen molar-refractivity contribution in [2.45, 2.75) is 19.1 Å². The normalized spacial score (nSPS) is 24.4. The number of benzene rings is 1. The van der Waals surface area contributed by atoms with Crippen LogP contribution in [0.3, 0.4) is 0 Å². The van der Waals surface area contributed by atoms with E-state index in [2.05, 4.69) is 35.8 Å². The van der Waals surface area contributed by atoms with Crippen molar-refractivity contribution < 1.29 is 4.74 Å². The molecule has 82 valence electrons. The van der Waals surface area contributed by atoms with Crippen LogP contribution in [0.5, 0.6) is 0 Å². The van der Waals surface area contributed by atoms with Gasteiger partial charge in [-0.3, -0.25) is 5.32 Å². The summed E-state index contributed by atoms with van der Waals surface area (Å²) in [5, 5.41) is 6.83. The molecule has 1 aliphatic heterocycles. The Hall–Kier alpha value is -1.06. The Morgan fingerprint density at radius 1 is 1.47 bits per heavy atom. The molecule has 0 radical (unpaired) electrons. The molecule has 0 aliphatic carbocycles. The van der Waals surface area contributed by atoms with Gasteiger partial charge in [0.05, 0.1) is 0 Å². The van der Waals surface area contributed by atoms with Gasteiger partial charge in [-0.15, -0.1) is 0 Å². The minimum absolute atomic E-state index is 0.309. The van der Waals surface area contributed by atoms with Crippen molar-refractivity contribution in [2.24, 2.45) is 0 Å². The predicted molar refractivity (Wildman–Crippen MR) is 61.9 cm³/mol. The first kappa shape index (κ1) is 10.5. The van der Waals surface area contributed by atoms with Crippen LogP contribution >= 0.6 is 0 Å². The summed E-state index contributed by atoms with van der Waals surface area (Å²) in [6, 6.07) is 8.31. The Bertz CT molecular complexity index is 340. The van der Waals surface area contributed by atoms with Gasteiger partial charge in [0.1, 0.15) is 5.72 Å². The van der Waals surface area contributed by atoms with E-state index in [0.29, 0.717) is 0 Å². The summed E-state index contributed by atoms with van der Waals surface area (Å²) in [6.45, 7) is 3.95. The van der Waals surface area contributed by atoms with E-state index in [1.54, 1.807) is 7.11 Å². The lowest BCUT2D eigenvalue weighted by Gasteiger charge is -2.38. The summed E-state index contributed by atoms with van der Waals surface area (Å²) < 4.78 is 5.69. The number of rotatable bonds is 3. The highest BCUT2D eigenvalue weighted by molar-refractivity contribution is 5.55. The average molecular weight is 206 g/mol. The highest BCUT2D eigenvalue weighted by atomic mass is 16.5. The average Bonchev–Trinajstić information content (AvgIpc) is 2.30. The molecule has 15 heavy (non-hydrogen) atoms. The number of ether oxygens (including phenoxy) is 1. The molecule has 0 aromatic heterocycles. The quantitative estimate of drug-likeness (QED) is 0.741. The van der Waals surface area contributed by atoms with Crippen LogP contribution in [0.1, 0.15) is 18.9 Å². The summed E-state index contributed by atoms with van der Waals surface area (Å²) in [7, 11) is 1.77. The van der Waals surface area contributed by atoms with E-state index >= 15 is 0 Å². The van der Waals surface area contributed by atoms with E-state index in [-0.39, 0.29) is 5.72 Å². The maximum atomic E-state index is 5.69. The third-order valence-corrected chi connectivity index (χ3v) is 2.97. The molecule has 3 heteroatoms. The Labute approximate surface area is 90.8 Å². The molecule has 1 aromatic carbocycles. The van der Waals surface area contributed by atoms with E-state index in [1.807, 2.05) is 6.07 Å². The van der Waals surface area contributed by atoms with Gasteiger partial charge in [-0.05, 0) is 12.6 Å². The summed E-state index contributed by atoms with van der Waals surface area (Å²) in [4.78, 5) is 0. The van der Waals surface area contributed by atoms with Gasteiger partial charge in [0, 0.05) is 31.3 Å². The molecule has 1 aliphatic rings. The Kier molecular flexibility index (Phi) is 2.93. The third-order valence-electron chi connectivity index (χ3n) is 2.97. The van der Waals surface area contributed by atoms with Crippen LogP contribution in [-0.2, 0) is 10.5 Å². The lowest BCUT2D eigenvalue weighted by molar-refractivity contribution is -0.0500. The molecule has 2 N–H and O–H groups in total. The molecule has 1 unspecified atom stereocenters. The maximum absolute atomic E-state index is 5.69. The zero-order valence-electron chi connectivity index (χ0n) is 9.34. The van der Waals surface area contributed by atoms with Gasteiger partial charge < -0.3 is 10.1 Å². The first-order valence-corrected chi connectivity index (χ1v) is 5.46. The fourth-order valence-corrected chi connectivity index (χ4v) is 2.25. The smallest absolute Gasteiger partial charge is 0.148 e. The molecule has 2 rings (SSSR count). The predicted octanol–water partition coefficient (Wildman–Crippen LogP) is 1.91. The lowest BCUT2D eigenvalue weighted by atomic mass is 9.93. The van der Waals surface area contributed by atoms with Crippen molar-refractivity contribution in [3.05, 3.63) is 29.8 Å². The van der Waals surface area contributed by atoms with Crippen LogP contribution in [0.25, 0.3) is 0 Å². The Morgan fingerprint density at radius 3 is 3.00 bits per heavy atom. The largest absolute Gasteiger partial charge is 0.385 e. The molecule has 1 atom stereocenters. The minimum atomic E-state index is -0.309. The van der Waals surface area contributed by atoms with Gasteiger partial charge >= 0.3 is 0 Å². The van der Waals surface area contributed by atoms with Crippen LogP contribution < -0.4 is 10.6 Å². The SMILES string of the molecule is CCNC1(OC)CCNc2ccccc21.